The lowest BCUT2D eigenvalue weighted by Gasteiger charge is -2.26. The second-order valence-corrected chi connectivity index (χ2v) is 8.86. The minimum atomic E-state index is -0.848. The van der Waals surface area contributed by atoms with Crippen LogP contribution in [-0.4, -0.2) is 49.7 Å². The van der Waals surface area contributed by atoms with Crippen molar-refractivity contribution in [2.75, 3.05) is 13.2 Å². The van der Waals surface area contributed by atoms with Gasteiger partial charge in [0.2, 0.25) is 0 Å². The van der Waals surface area contributed by atoms with Gasteiger partial charge in [-0.25, -0.2) is 9.67 Å². The summed E-state index contributed by atoms with van der Waals surface area (Å²) in [4.78, 5) is 31.1. The average molecular weight is 512 g/mol. The number of fused-ring (bicyclic) bond motifs is 2. The standard InChI is InChI=1S/C29H29N5O4/c1-3-37-26(35)18-21(29(36)38-4-2)27(20-12-6-5-7-13-20)28-30-22-14-8-10-16-24(22)33(28)19-34-25-17-11-9-15-23(25)31-32-34/h5-17,21,27H,3-4,18-19H2,1-2H3. The van der Waals surface area contributed by atoms with E-state index in [4.69, 9.17) is 14.5 Å². The molecule has 5 aromatic rings. The smallest absolute Gasteiger partial charge is 0.310 e. The number of carbonyl (C=O) groups is 2. The fourth-order valence-corrected chi connectivity index (χ4v) is 4.84. The Morgan fingerprint density at radius 1 is 0.816 bits per heavy atom. The maximum absolute atomic E-state index is 13.4. The maximum atomic E-state index is 13.4. The molecule has 0 amide bonds. The number of hydrogen-bond acceptors (Lipinski definition) is 7. The molecule has 0 fully saturated rings. The van der Waals surface area contributed by atoms with Crippen molar-refractivity contribution in [3.05, 3.63) is 90.3 Å². The molecular weight excluding hydrogens is 482 g/mol. The van der Waals surface area contributed by atoms with Crippen LogP contribution < -0.4 is 0 Å². The van der Waals surface area contributed by atoms with Crippen LogP contribution in [-0.2, 0) is 25.7 Å². The van der Waals surface area contributed by atoms with Gasteiger partial charge in [-0.3, -0.25) is 9.59 Å². The predicted octanol–water partition coefficient (Wildman–Crippen LogP) is 4.55. The molecule has 9 heteroatoms. The molecule has 0 radical (unpaired) electrons. The number of rotatable bonds is 10. The van der Waals surface area contributed by atoms with Crippen molar-refractivity contribution in [2.24, 2.45) is 5.92 Å². The van der Waals surface area contributed by atoms with Crippen LogP contribution in [0, 0.1) is 5.92 Å². The largest absolute Gasteiger partial charge is 0.466 e. The van der Waals surface area contributed by atoms with Crippen molar-refractivity contribution in [1.29, 1.82) is 0 Å². The summed E-state index contributed by atoms with van der Waals surface area (Å²) in [6, 6.07) is 25.1. The summed E-state index contributed by atoms with van der Waals surface area (Å²) in [5, 5.41) is 8.69. The Kier molecular flexibility index (Phi) is 7.44. The SMILES string of the molecule is CCOC(=O)CC(C(=O)OCC)C(c1ccccc1)c1nc2ccccc2n1Cn1nnc2ccccc21. The first kappa shape index (κ1) is 25.1. The number of carbonyl (C=O) groups excluding carboxylic acids is 2. The van der Waals surface area contributed by atoms with Gasteiger partial charge in [0.25, 0.3) is 0 Å². The van der Waals surface area contributed by atoms with Crippen LogP contribution in [0.4, 0.5) is 0 Å². The summed E-state index contributed by atoms with van der Waals surface area (Å²) in [6.07, 6.45) is -0.137. The minimum absolute atomic E-state index is 0.137. The van der Waals surface area contributed by atoms with Gasteiger partial charge in [0.15, 0.2) is 0 Å². The van der Waals surface area contributed by atoms with Gasteiger partial charge >= 0.3 is 11.9 Å². The highest BCUT2D eigenvalue weighted by Gasteiger charge is 2.38. The van der Waals surface area contributed by atoms with Crippen molar-refractivity contribution in [3.63, 3.8) is 0 Å². The zero-order valence-electron chi connectivity index (χ0n) is 21.4. The van der Waals surface area contributed by atoms with Crippen LogP contribution >= 0.6 is 0 Å². The quantitative estimate of drug-likeness (QED) is 0.254. The second-order valence-electron chi connectivity index (χ2n) is 8.86. The van der Waals surface area contributed by atoms with Crippen molar-refractivity contribution < 1.29 is 19.1 Å². The van der Waals surface area contributed by atoms with Gasteiger partial charge in [0.05, 0.1) is 48.0 Å². The summed E-state index contributed by atoms with van der Waals surface area (Å²) in [5.41, 5.74) is 4.15. The number of imidazole rings is 1. The maximum Gasteiger partial charge on any atom is 0.310 e. The van der Waals surface area contributed by atoms with Crippen LogP contribution in [0.1, 0.15) is 37.6 Å². The molecule has 0 saturated carbocycles. The summed E-state index contributed by atoms with van der Waals surface area (Å²) in [6.45, 7) is 4.23. The van der Waals surface area contributed by atoms with Gasteiger partial charge < -0.3 is 14.0 Å². The van der Waals surface area contributed by atoms with Gasteiger partial charge in [-0.15, -0.1) is 5.10 Å². The molecule has 2 atom stereocenters. The van der Waals surface area contributed by atoms with E-state index in [0.29, 0.717) is 12.5 Å². The lowest BCUT2D eigenvalue weighted by atomic mass is 9.83. The summed E-state index contributed by atoms with van der Waals surface area (Å²) in [5.74, 6) is -1.74. The summed E-state index contributed by atoms with van der Waals surface area (Å²) >= 11 is 0. The van der Waals surface area contributed by atoms with E-state index in [1.54, 1.807) is 18.5 Å². The molecule has 38 heavy (non-hydrogen) atoms. The van der Waals surface area contributed by atoms with E-state index in [2.05, 4.69) is 10.3 Å². The molecule has 0 aliphatic carbocycles. The van der Waals surface area contributed by atoms with E-state index >= 15 is 0 Å². The Morgan fingerprint density at radius 2 is 1.47 bits per heavy atom. The van der Waals surface area contributed by atoms with Gasteiger partial charge in [-0.05, 0) is 43.7 Å². The lowest BCUT2D eigenvalue weighted by molar-refractivity contribution is -0.155. The molecule has 0 spiro atoms. The predicted molar refractivity (Wildman–Crippen MR) is 142 cm³/mol. The van der Waals surface area contributed by atoms with E-state index < -0.39 is 23.8 Å². The topological polar surface area (TPSA) is 101 Å². The average Bonchev–Trinajstić information content (AvgIpc) is 3.51. The molecule has 3 aromatic carbocycles. The van der Waals surface area contributed by atoms with Crippen LogP contribution in [0.5, 0.6) is 0 Å². The van der Waals surface area contributed by atoms with Crippen LogP contribution in [0.25, 0.3) is 22.1 Å². The Bertz CT molecular complexity index is 1560. The molecule has 2 aromatic heterocycles. The zero-order chi connectivity index (χ0) is 26.5. The summed E-state index contributed by atoms with van der Waals surface area (Å²) in [7, 11) is 0. The third-order valence-electron chi connectivity index (χ3n) is 6.50. The van der Waals surface area contributed by atoms with Gasteiger partial charge in [0, 0.05) is 0 Å². The van der Waals surface area contributed by atoms with Crippen molar-refractivity contribution in [1.82, 2.24) is 24.5 Å². The molecular formula is C29H29N5O4. The third-order valence-corrected chi connectivity index (χ3v) is 6.50. The van der Waals surface area contributed by atoms with Gasteiger partial charge in [-0.1, -0.05) is 59.8 Å². The Hall–Kier alpha value is -4.53. The van der Waals surface area contributed by atoms with E-state index in [9.17, 15) is 9.59 Å². The van der Waals surface area contributed by atoms with E-state index in [1.807, 2.05) is 83.4 Å². The van der Waals surface area contributed by atoms with E-state index in [1.165, 1.54) is 0 Å². The minimum Gasteiger partial charge on any atom is -0.466 e. The fraction of sp³-hybridized carbons (Fsp3) is 0.276. The second kappa shape index (κ2) is 11.2. The molecule has 0 N–H and O–H groups in total. The molecule has 5 rings (SSSR count). The third kappa shape index (κ3) is 5.00. The first-order valence-electron chi connectivity index (χ1n) is 12.7. The monoisotopic (exact) mass is 511 g/mol. The van der Waals surface area contributed by atoms with Crippen molar-refractivity contribution in [3.8, 4) is 0 Å². The molecule has 0 aliphatic rings. The summed E-state index contributed by atoms with van der Waals surface area (Å²) < 4.78 is 14.6. The first-order valence-corrected chi connectivity index (χ1v) is 12.7. The molecule has 0 aliphatic heterocycles. The van der Waals surface area contributed by atoms with E-state index in [0.717, 1.165) is 27.6 Å². The molecule has 0 saturated heterocycles. The number of ether oxygens (including phenoxy) is 2. The Morgan fingerprint density at radius 3 is 2.21 bits per heavy atom. The molecule has 2 unspecified atom stereocenters. The highest BCUT2D eigenvalue weighted by Crippen LogP contribution is 2.37. The van der Waals surface area contributed by atoms with Crippen LogP contribution in [0.3, 0.4) is 0 Å². The number of hydrogen-bond donors (Lipinski definition) is 0. The number of nitrogens with zero attached hydrogens (tertiary/aromatic N) is 5. The normalized spacial score (nSPS) is 12.9. The van der Waals surface area contributed by atoms with Crippen molar-refractivity contribution in [2.45, 2.75) is 32.9 Å². The molecule has 9 nitrogen and oxygen atoms in total. The van der Waals surface area contributed by atoms with Crippen LogP contribution in [0.2, 0.25) is 0 Å². The van der Waals surface area contributed by atoms with Crippen LogP contribution in [0.15, 0.2) is 78.9 Å². The van der Waals surface area contributed by atoms with Crippen molar-refractivity contribution >= 4 is 34.0 Å². The molecule has 2 heterocycles. The van der Waals surface area contributed by atoms with Gasteiger partial charge in [-0.2, -0.15) is 0 Å². The molecule has 0 bridgehead atoms. The number of benzene rings is 3. The fourth-order valence-electron chi connectivity index (χ4n) is 4.84. The Balaban J connectivity index is 1.70. The number of aromatic nitrogens is 5. The van der Waals surface area contributed by atoms with E-state index in [-0.39, 0.29) is 19.6 Å². The Labute approximate surface area is 220 Å². The highest BCUT2D eigenvalue weighted by atomic mass is 16.5. The number of esters is 2. The highest BCUT2D eigenvalue weighted by molar-refractivity contribution is 5.82. The molecule has 194 valence electrons. The first-order chi connectivity index (χ1) is 18.6. The number of para-hydroxylation sites is 3. The lowest BCUT2D eigenvalue weighted by Crippen LogP contribution is -2.31. The van der Waals surface area contributed by atoms with Gasteiger partial charge in [0.1, 0.15) is 18.0 Å². The zero-order valence-corrected chi connectivity index (χ0v) is 21.4.